The number of carbonyl (C=O) groups excluding carboxylic acids is 1. The smallest absolute Gasteiger partial charge is 0.323 e. The number of benzene rings is 2. The molecule has 0 bridgehead atoms. The molecule has 0 spiro atoms. The van der Waals surface area contributed by atoms with Gasteiger partial charge in [0.15, 0.2) is 0 Å². The summed E-state index contributed by atoms with van der Waals surface area (Å²) in [5.41, 5.74) is 3.34. The van der Waals surface area contributed by atoms with Crippen LogP contribution in [0.1, 0.15) is 26.3 Å². The zero-order chi connectivity index (χ0) is 29.1. The van der Waals surface area contributed by atoms with Gasteiger partial charge >= 0.3 is 6.03 Å². The number of aromatic nitrogens is 5. The maximum Gasteiger partial charge on any atom is 0.323 e. The van der Waals surface area contributed by atoms with E-state index >= 15 is 0 Å². The lowest BCUT2D eigenvalue weighted by molar-refractivity contribution is 0.262. The number of hydrogen-bond acceptors (Lipinski definition) is 6. The van der Waals surface area contributed by atoms with Gasteiger partial charge in [0.1, 0.15) is 28.7 Å². The number of aliphatic hydroxyl groups excluding tert-OH is 1. The molecule has 3 heterocycles. The zero-order valence-corrected chi connectivity index (χ0v) is 23.1. The molecule has 0 aliphatic heterocycles. The quantitative estimate of drug-likeness (QED) is 0.221. The van der Waals surface area contributed by atoms with E-state index in [9.17, 15) is 14.3 Å². The number of nitrogens with zero attached hydrogens (tertiary/aromatic N) is 5. The first-order chi connectivity index (χ1) is 19.6. The second-order valence-corrected chi connectivity index (χ2v) is 10.4. The molecule has 2 aromatic carbocycles. The van der Waals surface area contributed by atoms with Gasteiger partial charge in [0.05, 0.1) is 29.2 Å². The number of urea groups is 1. The fraction of sp³-hybridized carbons (Fsp3) is 0.200. The number of pyridine rings is 1. The minimum Gasteiger partial charge on any atom is -0.457 e. The monoisotopic (exact) mass is 555 g/mol. The molecule has 5 aromatic rings. The van der Waals surface area contributed by atoms with E-state index < -0.39 is 11.8 Å². The molecule has 0 atom stereocenters. The van der Waals surface area contributed by atoms with Crippen molar-refractivity contribution in [2.75, 3.05) is 10.6 Å². The van der Waals surface area contributed by atoms with Crippen LogP contribution in [0.5, 0.6) is 11.5 Å². The first kappa shape index (κ1) is 27.5. The third-order valence-corrected chi connectivity index (χ3v) is 6.16. The van der Waals surface area contributed by atoms with E-state index in [0.29, 0.717) is 34.1 Å². The van der Waals surface area contributed by atoms with Gasteiger partial charge < -0.3 is 20.5 Å². The van der Waals surface area contributed by atoms with E-state index in [0.717, 1.165) is 5.56 Å². The molecule has 0 saturated heterocycles. The third-order valence-electron chi connectivity index (χ3n) is 6.16. The normalized spacial score (nSPS) is 11.4. The van der Waals surface area contributed by atoms with Gasteiger partial charge in [-0.15, -0.1) is 0 Å². The summed E-state index contributed by atoms with van der Waals surface area (Å²) in [6.07, 6.45) is 5.13. The van der Waals surface area contributed by atoms with Gasteiger partial charge in [0.25, 0.3) is 0 Å². The first-order valence-corrected chi connectivity index (χ1v) is 12.9. The SMILES string of the molecule is Cn1ccc(-c2cc(Oc3ccc(NC(=O)Nc4cn(C(C)(C)C)nc4-c4cccc(CO)c4)c(F)c3)ccn2)n1. The highest BCUT2D eigenvalue weighted by molar-refractivity contribution is 6.02. The van der Waals surface area contributed by atoms with Crippen LogP contribution in [0.25, 0.3) is 22.6 Å². The number of nitrogens with one attached hydrogen (secondary N) is 2. The number of aliphatic hydroxyl groups is 1. The van der Waals surface area contributed by atoms with Crippen molar-refractivity contribution < 1.29 is 19.0 Å². The van der Waals surface area contributed by atoms with Crippen molar-refractivity contribution in [2.24, 2.45) is 7.05 Å². The summed E-state index contributed by atoms with van der Waals surface area (Å²) >= 11 is 0. The van der Waals surface area contributed by atoms with Gasteiger partial charge in [0, 0.05) is 43.3 Å². The van der Waals surface area contributed by atoms with E-state index in [-0.39, 0.29) is 23.6 Å². The average molecular weight is 556 g/mol. The van der Waals surface area contributed by atoms with Crippen LogP contribution in [-0.2, 0) is 19.2 Å². The number of carbonyl (C=O) groups is 1. The highest BCUT2D eigenvalue weighted by Crippen LogP contribution is 2.31. The summed E-state index contributed by atoms with van der Waals surface area (Å²) in [4.78, 5) is 17.2. The summed E-state index contributed by atoms with van der Waals surface area (Å²) in [5.74, 6) is 0.0502. The van der Waals surface area contributed by atoms with Crippen molar-refractivity contribution in [3.8, 4) is 34.1 Å². The van der Waals surface area contributed by atoms with Crippen LogP contribution in [0.2, 0.25) is 0 Å². The van der Waals surface area contributed by atoms with E-state index in [4.69, 9.17) is 4.74 Å². The fourth-order valence-corrected chi connectivity index (χ4v) is 4.08. The topological polar surface area (TPSA) is 119 Å². The Morgan fingerprint density at radius 1 is 0.976 bits per heavy atom. The Kier molecular flexibility index (Phi) is 7.54. The lowest BCUT2D eigenvalue weighted by atomic mass is 10.1. The number of anilines is 2. The second kappa shape index (κ2) is 11.2. The molecule has 3 aromatic heterocycles. The average Bonchev–Trinajstić information content (AvgIpc) is 3.57. The molecule has 0 aliphatic carbocycles. The number of aryl methyl sites for hydroxylation is 1. The van der Waals surface area contributed by atoms with Crippen LogP contribution in [0.15, 0.2) is 79.3 Å². The van der Waals surface area contributed by atoms with Gasteiger partial charge in [-0.05, 0) is 56.7 Å². The molecule has 210 valence electrons. The van der Waals surface area contributed by atoms with E-state index in [1.54, 1.807) is 52.1 Å². The van der Waals surface area contributed by atoms with Crippen molar-refractivity contribution in [3.05, 3.63) is 90.6 Å². The Bertz CT molecular complexity index is 1700. The largest absolute Gasteiger partial charge is 0.457 e. The second-order valence-electron chi connectivity index (χ2n) is 10.4. The van der Waals surface area contributed by atoms with Crippen LogP contribution in [0.4, 0.5) is 20.6 Å². The van der Waals surface area contributed by atoms with Gasteiger partial charge in [0.2, 0.25) is 0 Å². The van der Waals surface area contributed by atoms with Crippen LogP contribution < -0.4 is 15.4 Å². The molecule has 11 heteroatoms. The van der Waals surface area contributed by atoms with Crippen LogP contribution in [-0.4, -0.2) is 35.7 Å². The van der Waals surface area contributed by atoms with E-state index in [2.05, 4.69) is 25.8 Å². The number of halogens is 1. The molecule has 2 amide bonds. The summed E-state index contributed by atoms with van der Waals surface area (Å²) in [5, 5.41) is 23.9. The number of ether oxygens (including phenoxy) is 1. The van der Waals surface area contributed by atoms with E-state index in [1.165, 1.54) is 12.1 Å². The van der Waals surface area contributed by atoms with Crippen LogP contribution >= 0.6 is 0 Å². The summed E-state index contributed by atoms with van der Waals surface area (Å²) in [6.45, 7) is 5.84. The molecule has 0 unspecified atom stereocenters. The summed E-state index contributed by atoms with van der Waals surface area (Å²) in [6, 6.07) is 16.0. The highest BCUT2D eigenvalue weighted by Gasteiger charge is 2.21. The Labute approximate surface area is 236 Å². The Morgan fingerprint density at radius 3 is 2.46 bits per heavy atom. The fourth-order valence-electron chi connectivity index (χ4n) is 4.08. The van der Waals surface area contributed by atoms with Crippen molar-refractivity contribution in [1.29, 1.82) is 0 Å². The maximum atomic E-state index is 15.0. The van der Waals surface area contributed by atoms with Gasteiger partial charge in [-0.25, -0.2) is 9.18 Å². The summed E-state index contributed by atoms with van der Waals surface area (Å²) in [7, 11) is 1.82. The third kappa shape index (κ3) is 6.42. The lowest BCUT2D eigenvalue weighted by Gasteiger charge is -2.18. The van der Waals surface area contributed by atoms with Crippen molar-refractivity contribution in [1.82, 2.24) is 24.5 Å². The van der Waals surface area contributed by atoms with Crippen LogP contribution in [0.3, 0.4) is 0 Å². The van der Waals surface area contributed by atoms with Gasteiger partial charge in [-0.2, -0.15) is 10.2 Å². The molecule has 5 rings (SSSR count). The first-order valence-electron chi connectivity index (χ1n) is 12.9. The summed E-state index contributed by atoms with van der Waals surface area (Å²) < 4.78 is 24.2. The highest BCUT2D eigenvalue weighted by atomic mass is 19.1. The predicted molar refractivity (Wildman–Crippen MR) is 154 cm³/mol. The lowest BCUT2D eigenvalue weighted by Crippen LogP contribution is -2.22. The predicted octanol–water partition coefficient (Wildman–Crippen LogP) is 6.17. The Morgan fingerprint density at radius 2 is 1.76 bits per heavy atom. The number of hydrogen-bond donors (Lipinski definition) is 3. The van der Waals surface area contributed by atoms with Crippen molar-refractivity contribution >= 4 is 17.4 Å². The molecular formula is C30H30FN7O3. The Balaban J connectivity index is 1.31. The minimum atomic E-state index is -0.669. The van der Waals surface area contributed by atoms with E-state index in [1.807, 2.05) is 52.2 Å². The molecule has 41 heavy (non-hydrogen) atoms. The van der Waals surface area contributed by atoms with Crippen LogP contribution in [0, 0.1) is 5.82 Å². The molecule has 0 radical (unpaired) electrons. The Hall–Kier alpha value is -5.03. The number of amides is 2. The molecule has 0 aliphatic rings. The minimum absolute atomic E-state index is 0.0224. The molecule has 0 fully saturated rings. The van der Waals surface area contributed by atoms with Gasteiger partial charge in [-0.3, -0.25) is 14.3 Å². The molecule has 10 nitrogen and oxygen atoms in total. The molecule has 3 N–H and O–H groups in total. The molecular weight excluding hydrogens is 525 g/mol. The number of rotatable bonds is 7. The van der Waals surface area contributed by atoms with Gasteiger partial charge in [-0.1, -0.05) is 18.2 Å². The molecule has 0 saturated carbocycles. The van der Waals surface area contributed by atoms with Crippen molar-refractivity contribution in [3.63, 3.8) is 0 Å². The maximum absolute atomic E-state index is 15.0. The zero-order valence-electron chi connectivity index (χ0n) is 23.1. The standard InChI is InChI=1S/C30H30FN7O3/c1-30(2,3)38-17-27(28(36-38)20-7-5-6-19(14-20)18-39)34-29(40)33-24-9-8-21(15-23(24)31)41-22-10-12-32-26(16-22)25-11-13-37(4)35-25/h5-17,39H,18H2,1-4H3,(H2,33,34,40). The van der Waals surface area contributed by atoms with Crippen molar-refractivity contribution in [2.45, 2.75) is 32.9 Å².